The third-order valence-electron chi connectivity index (χ3n) is 2.52. The molecule has 0 unspecified atom stereocenters. The minimum Gasteiger partial charge on any atom is -0.481 e. The van der Waals surface area contributed by atoms with Crippen LogP contribution < -0.4 is 5.32 Å². The Balaban J connectivity index is 2.25. The van der Waals surface area contributed by atoms with Gasteiger partial charge in [0.1, 0.15) is 0 Å². The lowest BCUT2D eigenvalue weighted by molar-refractivity contribution is -0.137. The van der Waals surface area contributed by atoms with Gasteiger partial charge in [0.15, 0.2) is 0 Å². The summed E-state index contributed by atoms with van der Waals surface area (Å²) in [6.45, 7) is 0.913. The van der Waals surface area contributed by atoms with E-state index in [0.29, 0.717) is 19.5 Å². The van der Waals surface area contributed by atoms with E-state index in [1.54, 1.807) is 7.05 Å². The van der Waals surface area contributed by atoms with Crippen LogP contribution in [0.2, 0.25) is 0 Å². The van der Waals surface area contributed by atoms with E-state index >= 15 is 0 Å². The number of carbonyl (C=O) groups excluding carboxylic acids is 1. The van der Waals surface area contributed by atoms with Crippen molar-refractivity contribution in [3.63, 3.8) is 0 Å². The van der Waals surface area contributed by atoms with Crippen LogP contribution in [0.15, 0.2) is 30.3 Å². The van der Waals surface area contributed by atoms with E-state index in [2.05, 4.69) is 5.32 Å². The standard InChI is InChI=1S/C13H18N2O3/c1-15(9-5-8-12(16)17)13(18)14-10-11-6-3-2-4-7-11/h2-4,6-7H,5,8-10H2,1H3,(H,14,18)(H,16,17). The van der Waals surface area contributed by atoms with Gasteiger partial charge in [-0.1, -0.05) is 30.3 Å². The summed E-state index contributed by atoms with van der Waals surface area (Å²) in [7, 11) is 1.65. The van der Waals surface area contributed by atoms with E-state index < -0.39 is 5.97 Å². The van der Waals surface area contributed by atoms with Crippen LogP contribution in [0.1, 0.15) is 18.4 Å². The zero-order valence-corrected chi connectivity index (χ0v) is 10.4. The second-order valence-electron chi connectivity index (χ2n) is 4.06. The monoisotopic (exact) mass is 250 g/mol. The Morgan fingerprint density at radius 1 is 1.28 bits per heavy atom. The molecule has 0 radical (unpaired) electrons. The van der Waals surface area contributed by atoms with Crippen LogP contribution >= 0.6 is 0 Å². The fraction of sp³-hybridized carbons (Fsp3) is 0.385. The van der Waals surface area contributed by atoms with Crippen LogP contribution in [0, 0.1) is 0 Å². The SMILES string of the molecule is CN(CCCC(=O)O)C(=O)NCc1ccccc1. The number of amides is 2. The highest BCUT2D eigenvalue weighted by molar-refractivity contribution is 5.74. The Kier molecular flexibility index (Phi) is 5.70. The van der Waals surface area contributed by atoms with E-state index in [-0.39, 0.29) is 12.5 Å². The van der Waals surface area contributed by atoms with Crippen LogP contribution in [0.25, 0.3) is 0 Å². The zero-order valence-electron chi connectivity index (χ0n) is 10.4. The molecule has 0 spiro atoms. The quantitative estimate of drug-likeness (QED) is 0.807. The number of hydrogen-bond acceptors (Lipinski definition) is 2. The lowest BCUT2D eigenvalue weighted by Crippen LogP contribution is -2.37. The summed E-state index contributed by atoms with van der Waals surface area (Å²) in [6.07, 6.45) is 0.543. The smallest absolute Gasteiger partial charge is 0.317 e. The second-order valence-corrected chi connectivity index (χ2v) is 4.06. The molecule has 0 saturated heterocycles. The third-order valence-corrected chi connectivity index (χ3v) is 2.52. The summed E-state index contributed by atoms with van der Waals surface area (Å²) >= 11 is 0. The van der Waals surface area contributed by atoms with Crippen LogP contribution in [0.3, 0.4) is 0 Å². The molecule has 0 saturated carbocycles. The first kappa shape index (κ1) is 14.0. The Hall–Kier alpha value is -2.04. The van der Waals surface area contributed by atoms with Crippen molar-refractivity contribution in [1.82, 2.24) is 10.2 Å². The van der Waals surface area contributed by atoms with Crippen molar-refractivity contribution in [2.45, 2.75) is 19.4 Å². The van der Waals surface area contributed by atoms with Gasteiger partial charge in [-0.05, 0) is 12.0 Å². The average Bonchev–Trinajstić information content (AvgIpc) is 2.36. The number of carbonyl (C=O) groups is 2. The summed E-state index contributed by atoms with van der Waals surface area (Å²) in [5, 5.41) is 11.3. The summed E-state index contributed by atoms with van der Waals surface area (Å²) in [5.41, 5.74) is 1.03. The third kappa shape index (κ3) is 5.34. The Labute approximate surface area is 106 Å². The normalized spacial score (nSPS) is 9.83. The van der Waals surface area contributed by atoms with Gasteiger partial charge in [0.25, 0.3) is 0 Å². The maximum Gasteiger partial charge on any atom is 0.317 e. The molecule has 0 aliphatic carbocycles. The van der Waals surface area contributed by atoms with Crippen molar-refractivity contribution in [3.05, 3.63) is 35.9 Å². The summed E-state index contributed by atoms with van der Waals surface area (Å²) in [6, 6.07) is 9.43. The van der Waals surface area contributed by atoms with Gasteiger partial charge in [-0.25, -0.2) is 4.79 Å². The Morgan fingerprint density at radius 2 is 1.94 bits per heavy atom. The van der Waals surface area contributed by atoms with Gasteiger partial charge < -0.3 is 15.3 Å². The van der Waals surface area contributed by atoms with E-state index in [1.165, 1.54) is 4.90 Å². The van der Waals surface area contributed by atoms with Gasteiger partial charge in [-0.2, -0.15) is 0 Å². The zero-order chi connectivity index (χ0) is 13.4. The average molecular weight is 250 g/mol. The lowest BCUT2D eigenvalue weighted by atomic mass is 10.2. The molecule has 1 aromatic carbocycles. The van der Waals surface area contributed by atoms with Gasteiger partial charge in [0.05, 0.1) is 0 Å². The number of carboxylic acids is 1. The molecule has 2 amide bonds. The molecule has 5 nitrogen and oxygen atoms in total. The molecule has 1 rings (SSSR count). The lowest BCUT2D eigenvalue weighted by Gasteiger charge is -2.17. The Bertz CT molecular complexity index is 392. The van der Waals surface area contributed by atoms with E-state index in [0.717, 1.165) is 5.56 Å². The number of rotatable bonds is 6. The van der Waals surface area contributed by atoms with Gasteiger partial charge in [0.2, 0.25) is 0 Å². The van der Waals surface area contributed by atoms with Crippen LogP contribution in [0.5, 0.6) is 0 Å². The van der Waals surface area contributed by atoms with E-state index in [4.69, 9.17) is 5.11 Å². The molecule has 1 aromatic rings. The number of urea groups is 1. The van der Waals surface area contributed by atoms with Crippen LogP contribution in [0.4, 0.5) is 4.79 Å². The fourth-order valence-corrected chi connectivity index (χ4v) is 1.48. The molecule has 0 bridgehead atoms. The van der Waals surface area contributed by atoms with Gasteiger partial charge >= 0.3 is 12.0 Å². The van der Waals surface area contributed by atoms with E-state index in [1.807, 2.05) is 30.3 Å². The molecule has 0 aliphatic rings. The Morgan fingerprint density at radius 3 is 2.56 bits per heavy atom. The van der Waals surface area contributed by atoms with Crippen molar-refractivity contribution < 1.29 is 14.7 Å². The first-order valence-corrected chi connectivity index (χ1v) is 5.84. The van der Waals surface area contributed by atoms with Crippen molar-refractivity contribution in [2.75, 3.05) is 13.6 Å². The summed E-state index contributed by atoms with van der Waals surface area (Å²) in [5.74, 6) is -0.840. The molecule has 2 N–H and O–H groups in total. The molecule has 5 heteroatoms. The number of nitrogens with one attached hydrogen (secondary N) is 1. The molecule has 0 atom stereocenters. The molecule has 0 heterocycles. The van der Waals surface area contributed by atoms with Gasteiger partial charge in [-0.15, -0.1) is 0 Å². The van der Waals surface area contributed by atoms with Crippen LogP contribution in [-0.2, 0) is 11.3 Å². The number of benzene rings is 1. The topological polar surface area (TPSA) is 69.6 Å². The molecular weight excluding hydrogens is 232 g/mol. The predicted octanol–water partition coefficient (Wildman–Crippen LogP) is 1.69. The second kappa shape index (κ2) is 7.32. The molecular formula is C13H18N2O3. The number of carboxylic acid groups (broad SMARTS) is 1. The maximum absolute atomic E-state index is 11.7. The van der Waals surface area contributed by atoms with Gasteiger partial charge in [0, 0.05) is 26.6 Å². The van der Waals surface area contributed by atoms with Crippen LogP contribution in [-0.4, -0.2) is 35.6 Å². The van der Waals surface area contributed by atoms with E-state index in [9.17, 15) is 9.59 Å². The minimum absolute atomic E-state index is 0.0797. The highest BCUT2D eigenvalue weighted by Gasteiger charge is 2.08. The highest BCUT2D eigenvalue weighted by atomic mass is 16.4. The number of aliphatic carboxylic acids is 1. The summed E-state index contributed by atoms with van der Waals surface area (Å²) in [4.78, 5) is 23.5. The van der Waals surface area contributed by atoms with Crippen molar-refractivity contribution in [2.24, 2.45) is 0 Å². The maximum atomic E-state index is 11.7. The molecule has 0 aromatic heterocycles. The molecule has 18 heavy (non-hydrogen) atoms. The van der Waals surface area contributed by atoms with Crippen molar-refractivity contribution in [1.29, 1.82) is 0 Å². The highest BCUT2D eigenvalue weighted by Crippen LogP contribution is 1.98. The van der Waals surface area contributed by atoms with Crippen molar-refractivity contribution >= 4 is 12.0 Å². The number of nitrogens with zero attached hydrogens (tertiary/aromatic N) is 1. The van der Waals surface area contributed by atoms with Gasteiger partial charge in [-0.3, -0.25) is 4.79 Å². The first-order chi connectivity index (χ1) is 8.59. The predicted molar refractivity (Wildman–Crippen MR) is 68.2 cm³/mol. The molecule has 98 valence electrons. The first-order valence-electron chi connectivity index (χ1n) is 5.84. The number of hydrogen-bond donors (Lipinski definition) is 2. The largest absolute Gasteiger partial charge is 0.481 e. The molecule has 0 aliphatic heterocycles. The summed E-state index contributed by atoms with van der Waals surface area (Å²) < 4.78 is 0. The fourth-order valence-electron chi connectivity index (χ4n) is 1.48. The minimum atomic E-state index is -0.840. The van der Waals surface area contributed by atoms with Crippen molar-refractivity contribution in [3.8, 4) is 0 Å². The molecule has 0 fully saturated rings.